The summed E-state index contributed by atoms with van der Waals surface area (Å²) < 4.78 is 36.3. The number of amides is 1. The molecular weight excluding hydrogens is 328 g/mol. The number of sulfonamides is 1. The first-order chi connectivity index (χ1) is 10.8. The molecule has 126 valence electrons. The Morgan fingerprint density at radius 3 is 2.70 bits per heavy atom. The maximum atomic E-state index is 12.7. The molecule has 1 aliphatic heterocycles. The standard InChI is InChI=1S/C13H16N2O7S/c1-21-11-3-2-8(6-9(11)13(17)18)23(19,20)15-4-5-22-7-10(15)12(14)16/h2-3,6,10H,4-5,7H2,1H3,(H2,14,16)(H,17,18). The van der Waals surface area contributed by atoms with Gasteiger partial charge in [0.15, 0.2) is 0 Å². The van der Waals surface area contributed by atoms with Gasteiger partial charge in [-0.1, -0.05) is 0 Å². The van der Waals surface area contributed by atoms with E-state index in [1.807, 2.05) is 0 Å². The fourth-order valence-corrected chi connectivity index (χ4v) is 3.84. The van der Waals surface area contributed by atoms with Crippen molar-refractivity contribution in [2.75, 3.05) is 26.9 Å². The zero-order valence-electron chi connectivity index (χ0n) is 12.3. The zero-order valence-corrected chi connectivity index (χ0v) is 13.1. The molecule has 0 bridgehead atoms. The van der Waals surface area contributed by atoms with E-state index in [0.717, 1.165) is 10.4 Å². The molecule has 0 aromatic heterocycles. The minimum Gasteiger partial charge on any atom is -0.496 e. The number of primary amides is 1. The molecule has 1 fully saturated rings. The van der Waals surface area contributed by atoms with Crippen LogP contribution in [0.25, 0.3) is 0 Å². The zero-order chi connectivity index (χ0) is 17.2. The number of hydrogen-bond donors (Lipinski definition) is 2. The second-order valence-electron chi connectivity index (χ2n) is 4.78. The van der Waals surface area contributed by atoms with Crippen molar-refractivity contribution in [1.82, 2.24) is 4.31 Å². The highest BCUT2D eigenvalue weighted by Gasteiger charge is 2.37. The van der Waals surface area contributed by atoms with Crippen LogP contribution in [-0.2, 0) is 19.6 Å². The lowest BCUT2D eigenvalue weighted by Crippen LogP contribution is -2.54. The van der Waals surface area contributed by atoms with E-state index in [4.69, 9.17) is 20.3 Å². The molecule has 1 saturated heterocycles. The summed E-state index contributed by atoms with van der Waals surface area (Å²) in [7, 11) is -2.82. The minimum atomic E-state index is -4.10. The Morgan fingerprint density at radius 2 is 2.13 bits per heavy atom. The average molecular weight is 344 g/mol. The Kier molecular flexibility index (Phi) is 4.88. The summed E-state index contributed by atoms with van der Waals surface area (Å²) in [6.45, 7) is -0.0775. The predicted octanol–water partition coefficient (Wildman–Crippen LogP) is -0.732. The lowest BCUT2D eigenvalue weighted by Gasteiger charge is -2.32. The van der Waals surface area contributed by atoms with E-state index in [1.54, 1.807) is 0 Å². The topological polar surface area (TPSA) is 136 Å². The van der Waals surface area contributed by atoms with Crippen LogP contribution >= 0.6 is 0 Å². The van der Waals surface area contributed by atoms with Crippen LogP contribution in [0, 0.1) is 0 Å². The molecule has 0 radical (unpaired) electrons. The lowest BCUT2D eigenvalue weighted by molar-refractivity contribution is -0.125. The summed E-state index contributed by atoms with van der Waals surface area (Å²) in [5.74, 6) is -2.13. The maximum absolute atomic E-state index is 12.7. The summed E-state index contributed by atoms with van der Waals surface area (Å²) in [4.78, 5) is 22.4. The molecule has 0 saturated carbocycles. The number of aromatic carboxylic acids is 1. The first-order valence-electron chi connectivity index (χ1n) is 6.59. The summed E-state index contributed by atoms with van der Waals surface area (Å²) in [6, 6.07) is 2.32. The van der Waals surface area contributed by atoms with E-state index in [0.29, 0.717) is 0 Å². The molecule has 1 unspecified atom stereocenters. The summed E-state index contributed by atoms with van der Waals surface area (Å²) >= 11 is 0. The van der Waals surface area contributed by atoms with Crippen molar-refractivity contribution >= 4 is 21.9 Å². The van der Waals surface area contributed by atoms with Gasteiger partial charge in [-0.05, 0) is 18.2 Å². The SMILES string of the molecule is COc1ccc(S(=O)(=O)N2CCOCC2C(N)=O)cc1C(=O)O. The number of benzene rings is 1. The number of nitrogens with two attached hydrogens (primary N) is 1. The monoisotopic (exact) mass is 344 g/mol. The Labute approximate surface area is 132 Å². The van der Waals surface area contributed by atoms with Gasteiger partial charge in [0.1, 0.15) is 17.4 Å². The number of carbonyl (C=O) groups is 2. The van der Waals surface area contributed by atoms with Crippen LogP contribution in [0.15, 0.2) is 23.1 Å². The van der Waals surface area contributed by atoms with Crippen molar-refractivity contribution in [2.24, 2.45) is 5.73 Å². The first-order valence-corrected chi connectivity index (χ1v) is 8.03. The molecule has 1 amide bonds. The van der Waals surface area contributed by atoms with Crippen molar-refractivity contribution < 1.29 is 32.6 Å². The Morgan fingerprint density at radius 1 is 1.43 bits per heavy atom. The van der Waals surface area contributed by atoms with Crippen LogP contribution < -0.4 is 10.5 Å². The minimum absolute atomic E-state index is 0.0323. The number of methoxy groups -OCH3 is 1. The van der Waals surface area contributed by atoms with Gasteiger partial charge in [-0.2, -0.15) is 4.31 Å². The normalized spacial score (nSPS) is 19.3. The number of ether oxygens (including phenoxy) is 2. The van der Waals surface area contributed by atoms with Crippen molar-refractivity contribution in [3.8, 4) is 5.75 Å². The molecule has 1 aromatic carbocycles. The second kappa shape index (κ2) is 6.52. The van der Waals surface area contributed by atoms with Gasteiger partial charge in [0.25, 0.3) is 0 Å². The highest BCUT2D eigenvalue weighted by molar-refractivity contribution is 7.89. The number of carboxylic acids is 1. The largest absolute Gasteiger partial charge is 0.496 e. The predicted molar refractivity (Wildman–Crippen MR) is 77.6 cm³/mol. The molecule has 10 heteroatoms. The molecule has 0 aliphatic carbocycles. The molecule has 2 rings (SSSR count). The molecular formula is C13H16N2O7S. The van der Waals surface area contributed by atoms with Gasteiger partial charge in [0, 0.05) is 6.54 Å². The molecule has 1 heterocycles. The first kappa shape index (κ1) is 17.2. The number of carboxylic acid groups (broad SMARTS) is 1. The van der Waals surface area contributed by atoms with E-state index in [-0.39, 0.29) is 36.0 Å². The van der Waals surface area contributed by atoms with Gasteiger partial charge in [-0.3, -0.25) is 4.79 Å². The van der Waals surface area contributed by atoms with Crippen molar-refractivity contribution in [3.05, 3.63) is 23.8 Å². The van der Waals surface area contributed by atoms with Gasteiger partial charge in [0.05, 0.1) is 25.2 Å². The molecule has 1 atom stereocenters. The van der Waals surface area contributed by atoms with Crippen molar-refractivity contribution in [2.45, 2.75) is 10.9 Å². The fraction of sp³-hybridized carbons (Fsp3) is 0.385. The van der Waals surface area contributed by atoms with Gasteiger partial charge >= 0.3 is 5.97 Å². The Hall–Kier alpha value is -2.17. The molecule has 9 nitrogen and oxygen atoms in total. The molecule has 0 spiro atoms. The van der Waals surface area contributed by atoms with Crippen LogP contribution in [0.2, 0.25) is 0 Å². The third-order valence-corrected chi connectivity index (χ3v) is 5.32. The highest BCUT2D eigenvalue weighted by atomic mass is 32.2. The fourth-order valence-electron chi connectivity index (χ4n) is 2.25. The third-order valence-electron chi connectivity index (χ3n) is 3.42. The van der Waals surface area contributed by atoms with Crippen LogP contribution in [0.1, 0.15) is 10.4 Å². The van der Waals surface area contributed by atoms with Crippen molar-refractivity contribution in [1.29, 1.82) is 0 Å². The second-order valence-corrected chi connectivity index (χ2v) is 6.67. The number of hydrogen-bond acceptors (Lipinski definition) is 6. The van der Waals surface area contributed by atoms with Gasteiger partial charge in [0.2, 0.25) is 15.9 Å². The van der Waals surface area contributed by atoms with Gasteiger partial charge < -0.3 is 20.3 Å². The van der Waals surface area contributed by atoms with Crippen LogP contribution in [-0.4, -0.2) is 62.6 Å². The van der Waals surface area contributed by atoms with E-state index in [2.05, 4.69) is 0 Å². The van der Waals surface area contributed by atoms with Crippen molar-refractivity contribution in [3.63, 3.8) is 0 Å². The number of carbonyl (C=O) groups excluding carboxylic acids is 1. The summed E-state index contributed by atoms with van der Waals surface area (Å²) in [5, 5.41) is 9.15. The summed E-state index contributed by atoms with van der Waals surface area (Å²) in [6.07, 6.45) is 0. The van der Waals surface area contributed by atoms with E-state index >= 15 is 0 Å². The molecule has 1 aromatic rings. The number of rotatable bonds is 5. The Bertz CT molecular complexity index is 732. The molecule has 1 aliphatic rings. The van der Waals surface area contributed by atoms with Crippen LogP contribution in [0.5, 0.6) is 5.75 Å². The maximum Gasteiger partial charge on any atom is 0.339 e. The van der Waals surface area contributed by atoms with Crippen LogP contribution in [0.4, 0.5) is 0 Å². The third kappa shape index (κ3) is 3.28. The number of nitrogens with zero attached hydrogens (tertiary/aromatic N) is 1. The van der Waals surface area contributed by atoms with E-state index in [1.165, 1.54) is 19.2 Å². The lowest BCUT2D eigenvalue weighted by atomic mass is 10.2. The number of morpholine rings is 1. The van der Waals surface area contributed by atoms with E-state index in [9.17, 15) is 18.0 Å². The highest BCUT2D eigenvalue weighted by Crippen LogP contribution is 2.26. The van der Waals surface area contributed by atoms with Crippen LogP contribution in [0.3, 0.4) is 0 Å². The van der Waals surface area contributed by atoms with Gasteiger partial charge in [-0.15, -0.1) is 0 Å². The summed E-state index contributed by atoms with van der Waals surface area (Å²) in [5.41, 5.74) is 4.92. The molecule has 3 N–H and O–H groups in total. The van der Waals surface area contributed by atoms with Gasteiger partial charge in [-0.25, -0.2) is 13.2 Å². The average Bonchev–Trinajstić information content (AvgIpc) is 2.54. The van der Waals surface area contributed by atoms with E-state index < -0.39 is 27.9 Å². The Balaban J connectivity index is 2.48. The molecule has 23 heavy (non-hydrogen) atoms. The smallest absolute Gasteiger partial charge is 0.339 e. The quantitative estimate of drug-likeness (QED) is 0.718.